The minimum absolute atomic E-state index is 0.0142. The summed E-state index contributed by atoms with van der Waals surface area (Å²) in [5.74, 6) is -0.784. The van der Waals surface area contributed by atoms with E-state index in [1.165, 1.54) is 30.4 Å². The van der Waals surface area contributed by atoms with Gasteiger partial charge in [-0.25, -0.2) is 4.98 Å². The summed E-state index contributed by atoms with van der Waals surface area (Å²) in [6.07, 6.45) is 4.50. The third-order valence-electron chi connectivity index (χ3n) is 2.38. The Balaban J connectivity index is 2.05. The van der Waals surface area contributed by atoms with E-state index in [4.69, 9.17) is 0 Å². The minimum atomic E-state index is -0.418. The van der Waals surface area contributed by atoms with Crippen molar-refractivity contribution in [2.75, 3.05) is 12.4 Å². The number of pyridine rings is 1. The molecule has 0 unspecified atom stereocenters. The summed E-state index contributed by atoms with van der Waals surface area (Å²) in [6.45, 7) is -0.0142. The monoisotopic (exact) mass is 338 g/mol. The summed E-state index contributed by atoms with van der Waals surface area (Å²) in [7, 11) is 1.30. The zero-order valence-corrected chi connectivity index (χ0v) is 12.1. The maximum Gasteiger partial charge on any atom is 0.327 e. The molecule has 0 saturated carbocycles. The molecule has 2 heterocycles. The molecular weight excluding hydrogens is 328 g/mol. The Morgan fingerprint density at radius 2 is 2.30 bits per heavy atom. The molecule has 7 nitrogen and oxygen atoms in total. The maximum absolute atomic E-state index is 12.0. The number of ether oxygens (including phenoxy) is 1. The Morgan fingerprint density at radius 3 is 3.00 bits per heavy atom. The highest BCUT2D eigenvalue weighted by Gasteiger charge is 2.12. The van der Waals surface area contributed by atoms with E-state index < -0.39 is 5.97 Å². The number of hydrogen-bond donors (Lipinski definition) is 1. The number of nitrogens with zero attached hydrogens (tertiary/aromatic N) is 3. The fourth-order valence-electron chi connectivity index (χ4n) is 1.45. The number of carbonyl (C=O) groups excluding carboxylic acids is 2. The van der Waals surface area contributed by atoms with Crippen molar-refractivity contribution in [2.45, 2.75) is 6.54 Å². The van der Waals surface area contributed by atoms with E-state index in [1.807, 2.05) is 0 Å². The van der Waals surface area contributed by atoms with Gasteiger partial charge in [0.2, 0.25) is 0 Å². The topological polar surface area (TPSA) is 86.1 Å². The lowest BCUT2D eigenvalue weighted by Crippen LogP contribution is -2.14. The molecule has 2 aromatic heterocycles. The second kappa shape index (κ2) is 6.29. The summed E-state index contributed by atoms with van der Waals surface area (Å²) in [5, 5.41) is 6.59. The zero-order chi connectivity index (χ0) is 14.5. The first-order chi connectivity index (χ1) is 9.60. The lowest BCUT2D eigenvalue weighted by Gasteiger charge is -2.03. The van der Waals surface area contributed by atoms with E-state index in [-0.39, 0.29) is 18.1 Å². The fourth-order valence-corrected chi connectivity index (χ4v) is 1.89. The van der Waals surface area contributed by atoms with Crippen LogP contribution in [-0.2, 0) is 16.1 Å². The lowest BCUT2D eigenvalue weighted by atomic mass is 10.3. The molecule has 2 rings (SSSR count). The third-order valence-corrected chi connectivity index (χ3v) is 3.02. The van der Waals surface area contributed by atoms with E-state index in [1.54, 1.807) is 12.1 Å². The number of methoxy groups -OCH3 is 1. The van der Waals surface area contributed by atoms with Gasteiger partial charge in [-0.2, -0.15) is 5.10 Å². The normalized spacial score (nSPS) is 10.1. The number of aromatic nitrogens is 3. The molecule has 1 N–H and O–H groups in total. The van der Waals surface area contributed by atoms with Crippen molar-refractivity contribution in [1.29, 1.82) is 0 Å². The van der Waals surface area contributed by atoms with Gasteiger partial charge in [0, 0.05) is 16.9 Å². The number of esters is 1. The first-order valence-corrected chi connectivity index (χ1v) is 6.40. The predicted molar refractivity (Wildman–Crippen MR) is 74.1 cm³/mol. The van der Waals surface area contributed by atoms with E-state index >= 15 is 0 Å². The highest BCUT2D eigenvalue weighted by Crippen LogP contribution is 2.15. The van der Waals surface area contributed by atoms with Crippen LogP contribution in [0.1, 0.15) is 10.5 Å². The average Bonchev–Trinajstić information content (AvgIpc) is 2.86. The number of carbonyl (C=O) groups is 2. The number of hydrogen-bond acceptors (Lipinski definition) is 5. The molecule has 2 aromatic rings. The number of amides is 1. The van der Waals surface area contributed by atoms with Crippen molar-refractivity contribution in [3.8, 4) is 0 Å². The Bertz CT molecular complexity index is 641. The van der Waals surface area contributed by atoms with Gasteiger partial charge in [-0.15, -0.1) is 0 Å². The SMILES string of the molecule is COC(=O)Cn1cc(NC(=O)c2ncccc2Br)cn1. The van der Waals surface area contributed by atoms with Crippen LogP contribution in [-0.4, -0.2) is 33.8 Å². The maximum atomic E-state index is 12.0. The highest BCUT2D eigenvalue weighted by molar-refractivity contribution is 9.10. The molecule has 0 saturated heterocycles. The largest absolute Gasteiger partial charge is 0.468 e. The predicted octanol–water partition coefficient (Wildman–Crippen LogP) is 1.47. The van der Waals surface area contributed by atoms with Crippen molar-refractivity contribution < 1.29 is 14.3 Å². The van der Waals surface area contributed by atoms with Crippen molar-refractivity contribution in [1.82, 2.24) is 14.8 Å². The lowest BCUT2D eigenvalue weighted by molar-refractivity contribution is -0.141. The van der Waals surface area contributed by atoms with Crippen LogP contribution in [0.15, 0.2) is 35.2 Å². The van der Waals surface area contributed by atoms with Gasteiger partial charge in [0.25, 0.3) is 5.91 Å². The number of halogens is 1. The quantitative estimate of drug-likeness (QED) is 0.853. The molecule has 0 spiro atoms. The Morgan fingerprint density at radius 1 is 1.50 bits per heavy atom. The van der Waals surface area contributed by atoms with Crippen LogP contribution >= 0.6 is 15.9 Å². The van der Waals surface area contributed by atoms with E-state index in [0.29, 0.717) is 10.2 Å². The molecule has 8 heteroatoms. The van der Waals surface area contributed by atoms with Crippen LogP contribution < -0.4 is 5.32 Å². The molecule has 20 heavy (non-hydrogen) atoms. The molecular formula is C12H11BrN4O3. The Kier molecular flexibility index (Phi) is 4.46. The van der Waals surface area contributed by atoms with Gasteiger partial charge in [-0.1, -0.05) is 0 Å². The van der Waals surface area contributed by atoms with Crippen molar-refractivity contribution in [3.05, 3.63) is 40.9 Å². The van der Waals surface area contributed by atoms with E-state index in [9.17, 15) is 9.59 Å². The van der Waals surface area contributed by atoms with Gasteiger partial charge >= 0.3 is 5.97 Å². The Labute approximate surface area is 123 Å². The third kappa shape index (κ3) is 3.41. The molecule has 0 aliphatic heterocycles. The van der Waals surface area contributed by atoms with Gasteiger partial charge in [0.05, 0.1) is 19.0 Å². The first-order valence-electron chi connectivity index (χ1n) is 5.61. The fraction of sp³-hybridized carbons (Fsp3) is 0.167. The van der Waals surface area contributed by atoms with Crippen LogP contribution in [0, 0.1) is 0 Å². The minimum Gasteiger partial charge on any atom is -0.468 e. The zero-order valence-electron chi connectivity index (χ0n) is 10.5. The van der Waals surface area contributed by atoms with Crippen LogP contribution in [0.3, 0.4) is 0 Å². The van der Waals surface area contributed by atoms with Crippen LogP contribution in [0.5, 0.6) is 0 Å². The standard InChI is InChI=1S/C12H11BrN4O3/c1-20-10(18)7-17-6-8(5-15-17)16-12(19)11-9(13)3-2-4-14-11/h2-6H,7H2,1H3,(H,16,19). The van der Waals surface area contributed by atoms with E-state index in [2.05, 4.69) is 36.1 Å². The highest BCUT2D eigenvalue weighted by atomic mass is 79.9. The van der Waals surface area contributed by atoms with Crippen molar-refractivity contribution >= 4 is 33.5 Å². The van der Waals surface area contributed by atoms with Gasteiger partial charge in [0.15, 0.2) is 0 Å². The van der Waals surface area contributed by atoms with Crippen molar-refractivity contribution in [3.63, 3.8) is 0 Å². The smallest absolute Gasteiger partial charge is 0.327 e. The summed E-state index contributed by atoms with van der Waals surface area (Å²) < 4.78 is 6.49. The van der Waals surface area contributed by atoms with Gasteiger partial charge < -0.3 is 10.1 Å². The van der Waals surface area contributed by atoms with Crippen molar-refractivity contribution in [2.24, 2.45) is 0 Å². The van der Waals surface area contributed by atoms with Gasteiger partial charge in [-0.05, 0) is 28.1 Å². The summed E-state index contributed by atoms with van der Waals surface area (Å²) in [6, 6.07) is 3.44. The van der Waals surface area contributed by atoms with Crippen LogP contribution in [0.25, 0.3) is 0 Å². The van der Waals surface area contributed by atoms with Gasteiger partial charge in [-0.3, -0.25) is 14.3 Å². The molecule has 0 aliphatic rings. The molecule has 104 valence electrons. The Hall–Kier alpha value is -2.22. The molecule has 0 atom stereocenters. The first kappa shape index (κ1) is 14.2. The van der Waals surface area contributed by atoms with E-state index in [0.717, 1.165) is 0 Å². The summed E-state index contributed by atoms with van der Waals surface area (Å²) >= 11 is 3.25. The van der Waals surface area contributed by atoms with Gasteiger partial charge in [0.1, 0.15) is 12.2 Å². The summed E-state index contributed by atoms with van der Waals surface area (Å²) in [4.78, 5) is 27.1. The average molecular weight is 339 g/mol. The second-order valence-corrected chi connectivity index (χ2v) is 4.65. The molecule has 0 fully saturated rings. The van der Waals surface area contributed by atoms with Crippen LogP contribution in [0.2, 0.25) is 0 Å². The number of nitrogens with one attached hydrogen (secondary N) is 1. The molecule has 0 aliphatic carbocycles. The molecule has 0 aromatic carbocycles. The van der Waals surface area contributed by atoms with Crippen LogP contribution in [0.4, 0.5) is 5.69 Å². The molecule has 0 radical (unpaired) electrons. The number of anilines is 1. The molecule has 1 amide bonds. The second-order valence-electron chi connectivity index (χ2n) is 3.79. The molecule has 0 bridgehead atoms. The number of rotatable bonds is 4. The summed E-state index contributed by atoms with van der Waals surface area (Å²) in [5.41, 5.74) is 0.740.